The van der Waals surface area contributed by atoms with Gasteiger partial charge < -0.3 is 0 Å². The first-order valence-corrected chi connectivity index (χ1v) is 6.34. The highest BCUT2D eigenvalue weighted by Gasteiger charge is 2.16. The van der Waals surface area contributed by atoms with E-state index in [1.807, 2.05) is 42.5 Å². The zero-order valence-corrected chi connectivity index (χ0v) is 11.0. The Balaban J connectivity index is 2.40. The third kappa shape index (κ3) is 3.21. The Morgan fingerprint density at radius 2 is 1.72 bits per heavy atom. The highest BCUT2D eigenvalue weighted by Crippen LogP contribution is 2.29. The van der Waals surface area contributed by atoms with Crippen molar-refractivity contribution in [1.29, 1.82) is 0 Å². The fourth-order valence-electron chi connectivity index (χ4n) is 2.12. The summed E-state index contributed by atoms with van der Waals surface area (Å²) in [6, 6.07) is 17.8. The first-order chi connectivity index (χ1) is 8.66. The second kappa shape index (κ2) is 5.83. The molecular formula is C16H15ClO. The summed E-state index contributed by atoms with van der Waals surface area (Å²) in [6.07, 6.45) is 0.504. The van der Waals surface area contributed by atoms with Crippen molar-refractivity contribution in [2.75, 3.05) is 0 Å². The molecule has 0 aromatic heterocycles. The van der Waals surface area contributed by atoms with Crippen molar-refractivity contribution in [1.82, 2.24) is 0 Å². The Kier molecular flexibility index (Phi) is 4.16. The number of ketones is 1. The lowest BCUT2D eigenvalue weighted by Gasteiger charge is -2.16. The van der Waals surface area contributed by atoms with E-state index in [9.17, 15) is 4.79 Å². The van der Waals surface area contributed by atoms with Gasteiger partial charge >= 0.3 is 0 Å². The van der Waals surface area contributed by atoms with Crippen LogP contribution in [0.3, 0.4) is 0 Å². The van der Waals surface area contributed by atoms with E-state index in [4.69, 9.17) is 11.6 Å². The average Bonchev–Trinajstić information content (AvgIpc) is 2.37. The van der Waals surface area contributed by atoms with Gasteiger partial charge in [-0.25, -0.2) is 0 Å². The first-order valence-electron chi connectivity index (χ1n) is 5.96. The molecule has 0 saturated carbocycles. The molecule has 2 rings (SSSR count). The fourth-order valence-corrected chi connectivity index (χ4v) is 2.32. The average molecular weight is 259 g/mol. The van der Waals surface area contributed by atoms with Crippen LogP contribution < -0.4 is 0 Å². The number of Topliss-reactive ketones (excluding diaryl/α,β-unsaturated/α-hetero) is 1. The lowest BCUT2D eigenvalue weighted by atomic mass is 9.87. The topological polar surface area (TPSA) is 17.1 Å². The van der Waals surface area contributed by atoms with Gasteiger partial charge in [-0.1, -0.05) is 54.1 Å². The molecule has 92 valence electrons. The minimum atomic E-state index is 0.0856. The van der Waals surface area contributed by atoms with Crippen LogP contribution in [0.2, 0.25) is 5.02 Å². The van der Waals surface area contributed by atoms with Crippen LogP contribution in [0.5, 0.6) is 0 Å². The maximum absolute atomic E-state index is 11.5. The van der Waals surface area contributed by atoms with E-state index in [1.54, 1.807) is 6.92 Å². The molecule has 0 aliphatic carbocycles. The summed E-state index contributed by atoms with van der Waals surface area (Å²) in [6.45, 7) is 1.63. The molecule has 0 bridgehead atoms. The van der Waals surface area contributed by atoms with Crippen molar-refractivity contribution < 1.29 is 4.79 Å². The van der Waals surface area contributed by atoms with Crippen LogP contribution in [0.4, 0.5) is 0 Å². The molecular weight excluding hydrogens is 244 g/mol. The number of carbonyl (C=O) groups is 1. The minimum absolute atomic E-state index is 0.0856. The van der Waals surface area contributed by atoms with E-state index in [2.05, 4.69) is 12.1 Å². The Hall–Kier alpha value is -1.60. The Morgan fingerprint density at radius 3 is 2.33 bits per heavy atom. The SMILES string of the molecule is CC(=O)CC(c1ccccc1)c1cccc(Cl)c1. The molecule has 0 radical (unpaired) electrons. The minimum Gasteiger partial charge on any atom is -0.300 e. The standard InChI is InChI=1S/C16H15ClO/c1-12(18)10-16(13-6-3-2-4-7-13)14-8-5-9-15(17)11-14/h2-9,11,16H,10H2,1H3. The molecule has 0 aliphatic rings. The van der Waals surface area contributed by atoms with Crippen molar-refractivity contribution in [2.45, 2.75) is 19.3 Å². The van der Waals surface area contributed by atoms with Crippen molar-refractivity contribution in [2.24, 2.45) is 0 Å². The molecule has 1 atom stereocenters. The van der Waals surface area contributed by atoms with Crippen LogP contribution in [-0.4, -0.2) is 5.78 Å². The summed E-state index contributed by atoms with van der Waals surface area (Å²) >= 11 is 6.03. The van der Waals surface area contributed by atoms with Crippen LogP contribution in [0, 0.1) is 0 Å². The van der Waals surface area contributed by atoms with E-state index >= 15 is 0 Å². The summed E-state index contributed by atoms with van der Waals surface area (Å²) in [7, 11) is 0. The van der Waals surface area contributed by atoms with Crippen molar-refractivity contribution in [3.8, 4) is 0 Å². The van der Waals surface area contributed by atoms with E-state index in [1.165, 1.54) is 0 Å². The summed E-state index contributed by atoms with van der Waals surface area (Å²) in [4.78, 5) is 11.5. The molecule has 2 aromatic rings. The number of hydrogen-bond donors (Lipinski definition) is 0. The summed E-state index contributed by atoms with van der Waals surface area (Å²) in [5.74, 6) is 0.270. The second-order valence-electron chi connectivity index (χ2n) is 4.42. The van der Waals surface area contributed by atoms with Crippen LogP contribution in [0.25, 0.3) is 0 Å². The van der Waals surface area contributed by atoms with Gasteiger partial charge in [0.2, 0.25) is 0 Å². The largest absolute Gasteiger partial charge is 0.300 e. The number of benzene rings is 2. The van der Waals surface area contributed by atoms with Crippen molar-refractivity contribution in [3.05, 3.63) is 70.7 Å². The molecule has 1 unspecified atom stereocenters. The molecule has 2 aromatic carbocycles. The molecule has 0 N–H and O–H groups in total. The smallest absolute Gasteiger partial charge is 0.130 e. The van der Waals surface area contributed by atoms with E-state index < -0.39 is 0 Å². The lowest BCUT2D eigenvalue weighted by Crippen LogP contribution is -2.06. The van der Waals surface area contributed by atoms with E-state index in [0.717, 1.165) is 11.1 Å². The van der Waals surface area contributed by atoms with Crippen LogP contribution in [-0.2, 0) is 4.79 Å². The van der Waals surface area contributed by atoms with Gasteiger partial charge in [0.15, 0.2) is 0 Å². The van der Waals surface area contributed by atoms with E-state index in [-0.39, 0.29) is 11.7 Å². The van der Waals surface area contributed by atoms with Gasteiger partial charge in [0.1, 0.15) is 5.78 Å². The molecule has 0 spiro atoms. The van der Waals surface area contributed by atoms with Crippen LogP contribution >= 0.6 is 11.6 Å². The van der Waals surface area contributed by atoms with Gasteiger partial charge in [-0.3, -0.25) is 4.79 Å². The Morgan fingerprint density at radius 1 is 1.06 bits per heavy atom. The lowest BCUT2D eigenvalue weighted by molar-refractivity contribution is -0.117. The molecule has 0 amide bonds. The summed E-state index contributed by atoms with van der Waals surface area (Å²) in [5, 5.41) is 0.706. The number of halogens is 1. The van der Waals surface area contributed by atoms with Crippen LogP contribution in [0.1, 0.15) is 30.4 Å². The molecule has 0 aliphatic heterocycles. The van der Waals surface area contributed by atoms with E-state index in [0.29, 0.717) is 11.4 Å². The molecule has 0 fully saturated rings. The van der Waals surface area contributed by atoms with Crippen molar-refractivity contribution in [3.63, 3.8) is 0 Å². The first kappa shape index (κ1) is 12.8. The third-order valence-electron chi connectivity index (χ3n) is 2.94. The Labute approximate surface area is 112 Å². The van der Waals surface area contributed by atoms with Gasteiger partial charge in [-0.05, 0) is 30.2 Å². The maximum Gasteiger partial charge on any atom is 0.130 e. The number of carbonyl (C=O) groups excluding carboxylic acids is 1. The van der Waals surface area contributed by atoms with Gasteiger partial charge in [-0.15, -0.1) is 0 Å². The van der Waals surface area contributed by atoms with Gasteiger partial charge in [0.05, 0.1) is 0 Å². The highest BCUT2D eigenvalue weighted by atomic mass is 35.5. The fraction of sp³-hybridized carbons (Fsp3) is 0.188. The molecule has 18 heavy (non-hydrogen) atoms. The predicted octanol–water partition coefficient (Wildman–Crippen LogP) is 4.45. The second-order valence-corrected chi connectivity index (χ2v) is 4.86. The molecule has 0 saturated heterocycles. The normalized spacial score (nSPS) is 12.1. The number of rotatable bonds is 4. The zero-order chi connectivity index (χ0) is 13.0. The summed E-state index contributed by atoms with van der Waals surface area (Å²) in [5.41, 5.74) is 2.24. The molecule has 2 heteroatoms. The van der Waals surface area contributed by atoms with Gasteiger partial charge in [-0.2, -0.15) is 0 Å². The highest BCUT2D eigenvalue weighted by molar-refractivity contribution is 6.30. The predicted molar refractivity (Wildman–Crippen MR) is 75.0 cm³/mol. The van der Waals surface area contributed by atoms with Gasteiger partial charge in [0, 0.05) is 17.4 Å². The van der Waals surface area contributed by atoms with Gasteiger partial charge in [0.25, 0.3) is 0 Å². The summed E-state index contributed by atoms with van der Waals surface area (Å²) < 4.78 is 0. The maximum atomic E-state index is 11.5. The molecule has 1 nitrogen and oxygen atoms in total. The molecule has 0 heterocycles. The third-order valence-corrected chi connectivity index (χ3v) is 3.18. The van der Waals surface area contributed by atoms with Crippen LogP contribution in [0.15, 0.2) is 54.6 Å². The quantitative estimate of drug-likeness (QED) is 0.792. The number of hydrogen-bond acceptors (Lipinski definition) is 1. The zero-order valence-electron chi connectivity index (χ0n) is 10.3. The Bertz CT molecular complexity index is 534. The monoisotopic (exact) mass is 258 g/mol. The van der Waals surface area contributed by atoms with Crippen molar-refractivity contribution >= 4 is 17.4 Å².